The Hall–Kier alpha value is -4.45. The average molecular weight is 1150 g/mol. The van der Waals surface area contributed by atoms with Crippen molar-refractivity contribution in [3.8, 4) is 0 Å². The lowest BCUT2D eigenvalue weighted by Crippen LogP contribution is -2.30. The number of esters is 3. The number of carbonyl (C=O) groups excluding carboxylic acids is 3. The summed E-state index contributed by atoms with van der Waals surface area (Å²) in [6.45, 7) is 6.47. The van der Waals surface area contributed by atoms with E-state index in [1.807, 2.05) is 0 Å². The van der Waals surface area contributed by atoms with Crippen molar-refractivity contribution in [2.45, 2.75) is 322 Å². The lowest BCUT2D eigenvalue weighted by molar-refractivity contribution is -0.167. The van der Waals surface area contributed by atoms with Crippen LogP contribution in [0.15, 0.2) is 134 Å². The molecule has 0 bridgehead atoms. The summed E-state index contributed by atoms with van der Waals surface area (Å²) in [6.07, 6.45) is 99.0. The van der Waals surface area contributed by atoms with E-state index in [-0.39, 0.29) is 31.1 Å². The molecule has 472 valence electrons. The van der Waals surface area contributed by atoms with E-state index in [1.54, 1.807) is 0 Å². The topological polar surface area (TPSA) is 78.9 Å². The van der Waals surface area contributed by atoms with Crippen LogP contribution in [0.2, 0.25) is 0 Å². The van der Waals surface area contributed by atoms with Gasteiger partial charge in [-0.1, -0.05) is 296 Å². The molecule has 1 unspecified atom stereocenters. The molecule has 83 heavy (non-hydrogen) atoms. The largest absolute Gasteiger partial charge is 0.462 e. The summed E-state index contributed by atoms with van der Waals surface area (Å²) in [4.78, 5) is 38.3. The van der Waals surface area contributed by atoms with Gasteiger partial charge in [-0.05, 0) is 135 Å². The van der Waals surface area contributed by atoms with Gasteiger partial charge in [-0.3, -0.25) is 14.4 Å². The summed E-state index contributed by atoms with van der Waals surface area (Å²) < 4.78 is 16.9. The van der Waals surface area contributed by atoms with Gasteiger partial charge in [0.25, 0.3) is 0 Å². The number of hydrogen-bond donors (Lipinski definition) is 0. The van der Waals surface area contributed by atoms with Crippen LogP contribution in [0.5, 0.6) is 0 Å². The van der Waals surface area contributed by atoms with E-state index in [9.17, 15) is 14.4 Å². The summed E-state index contributed by atoms with van der Waals surface area (Å²) in [6, 6.07) is 0. The van der Waals surface area contributed by atoms with Gasteiger partial charge in [0.2, 0.25) is 0 Å². The molecule has 0 aliphatic carbocycles. The van der Waals surface area contributed by atoms with Gasteiger partial charge in [-0.25, -0.2) is 0 Å². The summed E-state index contributed by atoms with van der Waals surface area (Å²) in [5.74, 6) is -0.909. The Kier molecular flexibility index (Phi) is 66.3. The second kappa shape index (κ2) is 70.0. The summed E-state index contributed by atoms with van der Waals surface area (Å²) in [5, 5.41) is 0. The van der Waals surface area contributed by atoms with Crippen LogP contribution >= 0.6 is 0 Å². The predicted molar refractivity (Wildman–Crippen MR) is 362 cm³/mol. The Morgan fingerprint density at radius 1 is 0.253 bits per heavy atom. The summed E-state index contributed by atoms with van der Waals surface area (Å²) in [5.41, 5.74) is 0. The first-order chi connectivity index (χ1) is 41.0. The first kappa shape index (κ1) is 78.5. The fraction of sp³-hybridized carbons (Fsp3) is 0.675. The number of carbonyl (C=O) groups is 3. The van der Waals surface area contributed by atoms with E-state index in [0.717, 1.165) is 141 Å². The van der Waals surface area contributed by atoms with Crippen LogP contribution in [0.3, 0.4) is 0 Å². The van der Waals surface area contributed by atoms with Gasteiger partial charge < -0.3 is 14.2 Å². The third kappa shape index (κ3) is 68.2. The molecule has 6 heteroatoms. The number of rotatable bonds is 62. The zero-order valence-corrected chi connectivity index (χ0v) is 54.2. The first-order valence-corrected chi connectivity index (χ1v) is 34.7. The van der Waals surface area contributed by atoms with Crippen molar-refractivity contribution in [3.63, 3.8) is 0 Å². The van der Waals surface area contributed by atoms with Gasteiger partial charge in [0.05, 0.1) is 0 Å². The second-order valence-corrected chi connectivity index (χ2v) is 22.7. The monoisotopic (exact) mass is 1150 g/mol. The van der Waals surface area contributed by atoms with Gasteiger partial charge in [-0.2, -0.15) is 0 Å². The van der Waals surface area contributed by atoms with Gasteiger partial charge in [0.1, 0.15) is 13.2 Å². The molecule has 0 saturated heterocycles. The standard InChI is InChI=1S/C77H128O6/c1-4-7-10-13-16-19-22-24-26-28-30-32-33-34-35-36-37-38-39-40-41-42-43-45-46-48-50-52-55-58-61-64-67-70-76(79)82-73-74(72-81-75(78)69-66-63-60-57-54-21-18-15-12-9-6-3)83-77(80)71-68-65-62-59-56-53-51-49-47-44-31-29-27-25-23-20-17-14-11-8-5-2/h7,10,15-16,18-19,23-26,29-32,34-35,37-38,40-41,47,49,74H,4-6,8-9,11-14,17,20-22,27-28,33,36,39,42-46,48,50-73H2,1-3H3/b10-7-,18-15-,19-16-,25-23-,26-24-,31-29-,32-30-,35-34-,38-37-,41-40-,49-47-. The molecule has 0 amide bonds. The Labute approximate surface area is 513 Å². The maximum absolute atomic E-state index is 12.9. The van der Waals surface area contributed by atoms with E-state index >= 15 is 0 Å². The highest BCUT2D eigenvalue weighted by Gasteiger charge is 2.19. The molecule has 0 aromatic heterocycles. The maximum atomic E-state index is 12.9. The van der Waals surface area contributed by atoms with Crippen molar-refractivity contribution in [3.05, 3.63) is 134 Å². The van der Waals surface area contributed by atoms with Crippen LogP contribution in [0.25, 0.3) is 0 Å². The lowest BCUT2D eigenvalue weighted by Gasteiger charge is -2.18. The molecule has 0 aliphatic heterocycles. The normalized spacial score (nSPS) is 13.0. The molecule has 0 aromatic rings. The van der Waals surface area contributed by atoms with E-state index in [2.05, 4.69) is 154 Å². The molecule has 0 saturated carbocycles. The van der Waals surface area contributed by atoms with Gasteiger partial charge in [0.15, 0.2) is 6.10 Å². The van der Waals surface area contributed by atoms with Crippen LogP contribution in [0, 0.1) is 0 Å². The zero-order chi connectivity index (χ0) is 59.9. The molecule has 0 rings (SSSR count). The van der Waals surface area contributed by atoms with Crippen molar-refractivity contribution in [1.29, 1.82) is 0 Å². The third-order valence-electron chi connectivity index (χ3n) is 14.6. The minimum Gasteiger partial charge on any atom is -0.462 e. The van der Waals surface area contributed by atoms with E-state index in [4.69, 9.17) is 14.2 Å². The van der Waals surface area contributed by atoms with E-state index in [1.165, 1.54) is 135 Å². The first-order valence-electron chi connectivity index (χ1n) is 34.7. The molecule has 1 atom stereocenters. The van der Waals surface area contributed by atoms with Crippen LogP contribution in [0.1, 0.15) is 316 Å². The number of unbranched alkanes of at least 4 members (excludes halogenated alkanes) is 29. The van der Waals surface area contributed by atoms with Crippen molar-refractivity contribution in [2.24, 2.45) is 0 Å². The van der Waals surface area contributed by atoms with Crippen molar-refractivity contribution in [1.82, 2.24) is 0 Å². The van der Waals surface area contributed by atoms with Crippen LogP contribution in [-0.2, 0) is 28.6 Å². The van der Waals surface area contributed by atoms with Gasteiger partial charge in [0, 0.05) is 19.3 Å². The Balaban J connectivity index is 4.25. The van der Waals surface area contributed by atoms with Crippen LogP contribution in [-0.4, -0.2) is 37.2 Å². The van der Waals surface area contributed by atoms with Gasteiger partial charge >= 0.3 is 17.9 Å². The minimum atomic E-state index is -0.794. The predicted octanol–water partition coefficient (Wildman–Crippen LogP) is 24.1. The van der Waals surface area contributed by atoms with Crippen LogP contribution < -0.4 is 0 Å². The molecular weight excluding hydrogens is 1020 g/mol. The van der Waals surface area contributed by atoms with Gasteiger partial charge in [-0.15, -0.1) is 0 Å². The molecule has 0 spiro atoms. The molecule has 0 aromatic carbocycles. The fourth-order valence-electron chi connectivity index (χ4n) is 9.41. The highest BCUT2D eigenvalue weighted by molar-refractivity contribution is 5.71. The van der Waals surface area contributed by atoms with Crippen molar-refractivity contribution < 1.29 is 28.6 Å². The summed E-state index contributed by atoms with van der Waals surface area (Å²) >= 11 is 0. The number of allylic oxidation sites excluding steroid dienone is 22. The average Bonchev–Trinajstić information content (AvgIpc) is 3.48. The number of ether oxygens (including phenoxy) is 3. The highest BCUT2D eigenvalue weighted by atomic mass is 16.6. The zero-order valence-electron chi connectivity index (χ0n) is 54.2. The van der Waals surface area contributed by atoms with Crippen LogP contribution in [0.4, 0.5) is 0 Å². The van der Waals surface area contributed by atoms with Crippen molar-refractivity contribution >= 4 is 17.9 Å². The quantitative estimate of drug-likeness (QED) is 0.0261. The summed E-state index contributed by atoms with van der Waals surface area (Å²) in [7, 11) is 0. The smallest absolute Gasteiger partial charge is 0.306 e. The molecule has 0 radical (unpaired) electrons. The molecule has 0 N–H and O–H groups in total. The molecular formula is C77H128O6. The fourth-order valence-corrected chi connectivity index (χ4v) is 9.41. The number of hydrogen-bond acceptors (Lipinski definition) is 6. The Bertz CT molecular complexity index is 1750. The van der Waals surface area contributed by atoms with E-state index in [0.29, 0.717) is 19.3 Å². The molecule has 0 fully saturated rings. The second-order valence-electron chi connectivity index (χ2n) is 22.7. The lowest BCUT2D eigenvalue weighted by atomic mass is 10.0. The molecule has 0 heterocycles. The SMILES string of the molecule is CC/C=C\C/C=C\C/C=C\C/C=C\C/C=C\C/C=C\C/C=C\CCCCCCCCCCCCCC(=O)OCC(COC(=O)CCCCCCC/C=C\CCCC)OC(=O)CCCCCCCC/C=C\C/C=C\C/C=C\CCCCCCC. The Morgan fingerprint density at radius 3 is 0.783 bits per heavy atom. The van der Waals surface area contributed by atoms with Crippen molar-refractivity contribution in [2.75, 3.05) is 13.2 Å². The van der Waals surface area contributed by atoms with E-state index < -0.39 is 6.10 Å². The minimum absolute atomic E-state index is 0.0894. The highest BCUT2D eigenvalue weighted by Crippen LogP contribution is 2.16. The maximum Gasteiger partial charge on any atom is 0.306 e. The molecule has 6 nitrogen and oxygen atoms in total. The third-order valence-corrected chi connectivity index (χ3v) is 14.6. The molecule has 0 aliphatic rings. The Morgan fingerprint density at radius 2 is 0.482 bits per heavy atom.